The lowest BCUT2D eigenvalue weighted by atomic mass is 10.1. The Bertz CT molecular complexity index is 938. The molecule has 0 aliphatic carbocycles. The Balaban J connectivity index is 2.04. The Hall–Kier alpha value is -3.09. The van der Waals surface area contributed by atoms with Crippen LogP contribution in [0.25, 0.3) is 17.0 Å². The topological polar surface area (TPSA) is 97.5 Å². The smallest absolute Gasteiger partial charge is 0.407 e. The molecule has 0 bridgehead atoms. The maximum Gasteiger partial charge on any atom is 0.407 e. The number of carbonyl (C=O) groups is 2. The van der Waals surface area contributed by atoms with Gasteiger partial charge in [0.25, 0.3) is 0 Å². The Kier molecular flexibility index (Phi) is 6.98. The number of fused-ring (bicyclic) bond motifs is 1. The first-order chi connectivity index (χ1) is 13.2. The van der Waals surface area contributed by atoms with Crippen molar-refractivity contribution in [2.45, 2.75) is 39.7 Å². The van der Waals surface area contributed by atoms with E-state index in [-0.39, 0.29) is 17.6 Å². The van der Waals surface area contributed by atoms with Crippen molar-refractivity contribution in [1.29, 1.82) is 0 Å². The third kappa shape index (κ3) is 5.97. The first kappa shape index (κ1) is 21.2. The van der Waals surface area contributed by atoms with E-state index in [0.717, 1.165) is 5.56 Å². The summed E-state index contributed by atoms with van der Waals surface area (Å²) in [4.78, 5) is 39.0. The van der Waals surface area contributed by atoms with Crippen LogP contribution in [0.15, 0.2) is 35.3 Å². The summed E-state index contributed by atoms with van der Waals surface area (Å²) in [6, 6.07) is 5.36. The zero-order valence-corrected chi connectivity index (χ0v) is 16.6. The Morgan fingerprint density at radius 1 is 1.25 bits per heavy atom. The Morgan fingerprint density at radius 2 is 2.00 bits per heavy atom. The van der Waals surface area contributed by atoms with Crippen molar-refractivity contribution >= 4 is 29.0 Å². The molecule has 0 aliphatic heterocycles. The number of ether oxygens (including phenoxy) is 2. The van der Waals surface area contributed by atoms with Crippen molar-refractivity contribution in [2.75, 3.05) is 13.2 Å². The largest absolute Gasteiger partial charge is 0.462 e. The molecule has 7 heteroatoms. The number of aromatic amines is 1. The summed E-state index contributed by atoms with van der Waals surface area (Å²) in [5.41, 5.74) is 0.546. The Labute approximate surface area is 163 Å². The molecule has 1 aromatic carbocycles. The van der Waals surface area contributed by atoms with Crippen LogP contribution in [0.1, 0.15) is 50.0 Å². The van der Waals surface area contributed by atoms with E-state index < -0.39 is 17.7 Å². The lowest BCUT2D eigenvalue weighted by molar-refractivity contribution is 0.0516. The minimum atomic E-state index is -0.639. The van der Waals surface area contributed by atoms with E-state index in [1.807, 2.05) is 18.2 Å². The van der Waals surface area contributed by atoms with Gasteiger partial charge >= 0.3 is 12.1 Å². The SMILES string of the molecule is CCOC(=O)c1c[nH]c2ccc(C=CCCNC(=O)OC(C)(C)C)cc2c1=O. The highest BCUT2D eigenvalue weighted by atomic mass is 16.6. The molecule has 1 amide bonds. The van der Waals surface area contributed by atoms with E-state index in [0.29, 0.717) is 23.9 Å². The molecule has 0 spiro atoms. The highest BCUT2D eigenvalue weighted by Gasteiger charge is 2.15. The minimum Gasteiger partial charge on any atom is -0.462 e. The van der Waals surface area contributed by atoms with Crippen LogP contribution < -0.4 is 10.7 Å². The molecule has 0 saturated carbocycles. The quantitative estimate of drug-likeness (QED) is 0.584. The number of rotatable bonds is 6. The molecule has 0 saturated heterocycles. The van der Waals surface area contributed by atoms with Crippen LogP contribution in [0.3, 0.4) is 0 Å². The van der Waals surface area contributed by atoms with Crippen molar-refractivity contribution in [3.05, 3.63) is 51.8 Å². The van der Waals surface area contributed by atoms with E-state index in [4.69, 9.17) is 9.47 Å². The fraction of sp³-hybridized carbons (Fsp3) is 0.381. The molecule has 0 fully saturated rings. The van der Waals surface area contributed by atoms with E-state index in [1.54, 1.807) is 39.8 Å². The van der Waals surface area contributed by atoms with Gasteiger partial charge in [-0.25, -0.2) is 9.59 Å². The molecule has 0 radical (unpaired) electrons. The van der Waals surface area contributed by atoms with E-state index in [1.165, 1.54) is 6.20 Å². The van der Waals surface area contributed by atoms with Gasteiger partial charge < -0.3 is 19.8 Å². The first-order valence-electron chi connectivity index (χ1n) is 9.17. The van der Waals surface area contributed by atoms with Gasteiger partial charge in [-0.05, 0) is 51.8 Å². The normalized spacial score (nSPS) is 11.6. The molecule has 0 aliphatic rings. The molecule has 0 unspecified atom stereocenters. The number of amides is 1. The lowest BCUT2D eigenvalue weighted by Gasteiger charge is -2.19. The zero-order chi connectivity index (χ0) is 20.7. The van der Waals surface area contributed by atoms with Gasteiger partial charge in [0.1, 0.15) is 11.2 Å². The Morgan fingerprint density at radius 3 is 2.68 bits per heavy atom. The number of esters is 1. The molecule has 150 valence electrons. The highest BCUT2D eigenvalue weighted by molar-refractivity contribution is 5.93. The first-order valence-corrected chi connectivity index (χ1v) is 9.17. The number of carbonyl (C=O) groups excluding carboxylic acids is 2. The van der Waals surface area contributed by atoms with Crippen molar-refractivity contribution in [1.82, 2.24) is 10.3 Å². The molecule has 2 rings (SSSR count). The maximum atomic E-state index is 12.6. The van der Waals surface area contributed by atoms with Gasteiger partial charge in [0.15, 0.2) is 0 Å². The third-order valence-corrected chi connectivity index (χ3v) is 3.69. The lowest BCUT2D eigenvalue weighted by Crippen LogP contribution is -2.32. The maximum absolute atomic E-state index is 12.6. The molecule has 2 aromatic rings. The molecular formula is C21H26N2O5. The van der Waals surface area contributed by atoms with Gasteiger partial charge in [-0.15, -0.1) is 0 Å². The number of benzene rings is 1. The fourth-order valence-electron chi connectivity index (χ4n) is 2.49. The van der Waals surface area contributed by atoms with Crippen LogP contribution in [-0.2, 0) is 9.47 Å². The van der Waals surface area contributed by atoms with Gasteiger partial charge in [-0.3, -0.25) is 4.79 Å². The minimum absolute atomic E-state index is 0.0166. The van der Waals surface area contributed by atoms with Gasteiger partial charge in [-0.1, -0.05) is 18.2 Å². The molecular weight excluding hydrogens is 360 g/mol. The third-order valence-electron chi connectivity index (χ3n) is 3.69. The average molecular weight is 386 g/mol. The highest BCUT2D eigenvalue weighted by Crippen LogP contribution is 2.13. The predicted octanol–water partition coefficient (Wildman–Crippen LogP) is 3.63. The van der Waals surface area contributed by atoms with Crippen molar-refractivity contribution in [3.8, 4) is 0 Å². The monoisotopic (exact) mass is 386 g/mol. The number of H-pyrrole nitrogens is 1. The van der Waals surface area contributed by atoms with Gasteiger partial charge in [0.05, 0.1) is 6.61 Å². The van der Waals surface area contributed by atoms with Crippen LogP contribution in [-0.4, -0.2) is 35.8 Å². The molecule has 0 atom stereocenters. The van der Waals surface area contributed by atoms with E-state index >= 15 is 0 Å². The second kappa shape index (κ2) is 9.21. The van der Waals surface area contributed by atoms with Crippen LogP contribution in [0.4, 0.5) is 4.79 Å². The molecule has 2 N–H and O–H groups in total. The fourth-order valence-corrected chi connectivity index (χ4v) is 2.49. The summed E-state index contributed by atoms with van der Waals surface area (Å²) in [5.74, 6) is -0.639. The number of aromatic nitrogens is 1. The standard InChI is InChI=1S/C21H26N2O5/c1-5-27-19(25)16-13-23-17-10-9-14(12-15(17)18(16)24)8-6-7-11-22-20(26)28-21(2,3)4/h6,8-10,12-13H,5,7,11H2,1-4H3,(H,22,26)(H,23,24). The molecule has 7 nitrogen and oxygen atoms in total. The van der Waals surface area contributed by atoms with Crippen LogP contribution in [0.2, 0.25) is 0 Å². The molecule has 1 aromatic heterocycles. The number of hydrogen-bond acceptors (Lipinski definition) is 5. The van der Waals surface area contributed by atoms with Crippen LogP contribution in [0, 0.1) is 0 Å². The van der Waals surface area contributed by atoms with Gasteiger partial charge in [0.2, 0.25) is 5.43 Å². The zero-order valence-electron chi connectivity index (χ0n) is 16.6. The van der Waals surface area contributed by atoms with Gasteiger partial charge in [-0.2, -0.15) is 0 Å². The van der Waals surface area contributed by atoms with Crippen LogP contribution >= 0.6 is 0 Å². The number of nitrogens with one attached hydrogen (secondary N) is 2. The molecule has 28 heavy (non-hydrogen) atoms. The number of pyridine rings is 1. The summed E-state index contributed by atoms with van der Waals surface area (Å²) in [6.45, 7) is 7.75. The summed E-state index contributed by atoms with van der Waals surface area (Å²) in [6.07, 6.45) is 5.27. The van der Waals surface area contributed by atoms with Crippen molar-refractivity contribution < 1.29 is 19.1 Å². The average Bonchev–Trinajstić information content (AvgIpc) is 2.60. The van der Waals surface area contributed by atoms with E-state index in [9.17, 15) is 14.4 Å². The number of alkyl carbamates (subject to hydrolysis) is 1. The summed E-state index contributed by atoms with van der Waals surface area (Å²) < 4.78 is 10.1. The molecule has 1 heterocycles. The van der Waals surface area contributed by atoms with Gasteiger partial charge in [0, 0.05) is 23.6 Å². The van der Waals surface area contributed by atoms with Crippen molar-refractivity contribution in [2.24, 2.45) is 0 Å². The summed E-state index contributed by atoms with van der Waals surface area (Å²) >= 11 is 0. The predicted molar refractivity (Wildman–Crippen MR) is 108 cm³/mol. The number of hydrogen-bond donors (Lipinski definition) is 2. The summed E-state index contributed by atoms with van der Waals surface area (Å²) in [7, 11) is 0. The van der Waals surface area contributed by atoms with Crippen molar-refractivity contribution in [3.63, 3.8) is 0 Å². The van der Waals surface area contributed by atoms with Crippen LogP contribution in [0.5, 0.6) is 0 Å². The second-order valence-electron chi connectivity index (χ2n) is 7.18. The summed E-state index contributed by atoms with van der Waals surface area (Å²) in [5, 5.41) is 3.09. The second-order valence-corrected chi connectivity index (χ2v) is 7.18. The van der Waals surface area contributed by atoms with E-state index in [2.05, 4.69) is 10.3 Å².